The number of ether oxygens (including phenoxy) is 1. The van der Waals surface area contributed by atoms with Crippen molar-refractivity contribution < 1.29 is 14.2 Å². The minimum Gasteiger partial charge on any atom is -0.485 e. The number of aliphatic hydroxyl groups is 1. The first-order valence-corrected chi connectivity index (χ1v) is 9.30. The Kier molecular flexibility index (Phi) is 4.73. The van der Waals surface area contributed by atoms with E-state index in [2.05, 4.69) is 16.0 Å². The number of hydrogen-bond donors (Lipinski definition) is 2. The predicted molar refractivity (Wildman–Crippen MR) is 106 cm³/mol. The Morgan fingerprint density at radius 3 is 2.69 bits per heavy atom. The fourth-order valence-corrected chi connectivity index (χ4v) is 3.70. The maximum absolute atomic E-state index is 13.6. The normalized spacial score (nSPS) is 19.7. The number of aromatic amines is 1. The molecule has 2 atom stereocenters. The lowest BCUT2D eigenvalue weighted by Gasteiger charge is -2.47. The summed E-state index contributed by atoms with van der Waals surface area (Å²) in [5.74, 6) is 0.964. The number of nitrogens with zero attached hydrogens (tertiary/aromatic N) is 3. The monoisotopic (exact) mass is 392 g/mol. The molecule has 0 radical (unpaired) electrons. The van der Waals surface area contributed by atoms with E-state index in [1.54, 1.807) is 42.7 Å². The Morgan fingerprint density at radius 1 is 1.28 bits per heavy atom. The standard InChI is InChI=1S/C22H21FN4O2/c1-22(2)21(28)20(17-11-14(12-24)3-8-18(17)29-22)27(13-19-25-9-10-26-19)16-6-4-15(23)5-7-16/h3-11,20-21,28H,13H2,1-2H3,(H,25,26)/t20-,21+/m0/s1. The zero-order valence-corrected chi connectivity index (χ0v) is 16.1. The van der Waals surface area contributed by atoms with E-state index in [-0.39, 0.29) is 5.82 Å². The fraction of sp³-hybridized carbons (Fsp3) is 0.273. The van der Waals surface area contributed by atoms with Gasteiger partial charge in [-0.15, -0.1) is 0 Å². The lowest BCUT2D eigenvalue weighted by atomic mass is 9.84. The van der Waals surface area contributed by atoms with Crippen LogP contribution in [-0.2, 0) is 6.54 Å². The van der Waals surface area contributed by atoms with Crippen LogP contribution in [-0.4, -0.2) is 26.8 Å². The van der Waals surface area contributed by atoms with Gasteiger partial charge in [0.05, 0.1) is 24.2 Å². The molecule has 0 amide bonds. The summed E-state index contributed by atoms with van der Waals surface area (Å²) in [7, 11) is 0. The molecule has 1 aromatic heterocycles. The maximum Gasteiger partial charge on any atom is 0.132 e. The topological polar surface area (TPSA) is 85.2 Å². The van der Waals surface area contributed by atoms with Gasteiger partial charge in [0.15, 0.2) is 0 Å². The third-order valence-corrected chi connectivity index (χ3v) is 5.21. The molecule has 3 aromatic rings. The van der Waals surface area contributed by atoms with E-state index < -0.39 is 17.7 Å². The molecule has 29 heavy (non-hydrogen) atoms. The zero-order valence-electron chi connectivity index (χ0n) is 16.1. The van der Waals surface area contributed by atoms with Crippen LogP contribution in [0.2, 0.25) is 0 Å². The van der Waals surface area contributed by atoms with Gasteiger partial charge < -0.3 is 19.7 Å². The van der Waals surface area contributed by atoms with Crippen LogP contribution in [0, 0.1) is 17.1 Å². The van der Waals surface area contributed by atoms with Crippen molar-refractivity contribution >= 4 is 5.69 Å². The first kappa shape index (κ1) is 19.0. The van der Waals surface area contributed by atoms with Gasteiger partial charge in [-0.05, 0) is 56.3 Å². The molecule has 2 aromatic carbocycles. The van der Waals surface area contributed by atoms with E-state index in [1.165, 1.54) is 12.1 Å². The van der Waals surface area contributed by atoms with Crippen molar-refractivity contribution in [1.82, 2.24) is 9.97 Å². The molecule has 1 aliphatic heterocycles. The van der Waals surface area contributed by atoms with Crippen molar-refractivity contribution in [3.05, 3.63) is 77.6 Å². The Hall–Kier alpha value is -3.37. The summed E-state index contributed by atoms with van der Waals surface area (Å²) < 4.78 is 19.6. The number of imidazole rings is 1. The van der Waals surface area contributed by atoms with Gasteiger partial charge in [-0.2, -0.15) is 5.26 Å². The smallest absolute Gasteiger partial charge is 0.132 e. The number of fused-ring (bicyclic) bond motifs is 1. The highest BCUT2D eigenvalue weighted by atomic mass is 19.1. The number of H-pyrrole nitrogens is 1. The molecule has 2 N–H and O–H groups in total. The number of nitrogens with one attached hydrogen (secondary N) is 1. The molecule has 0 saturated carbocycles. The highest BCUT2D eigenvalue weighted by molar-refractivity contribution is 5.54. The molecule has 0 spiro atoms. The van der Waals surface area contributed by atoms with Crippen LogP contribution >= 0.6 is 0 Å². The van der Waals surface area contributed by atoms with Gasteiger partial charge >= 0.3 is 0 Å². The van der Waals surface area contributed by atoms with E-state index in [4.69, 9.17) is 4.74 Å². The Morgan fingerprint density at radius 2 is 2.03 bits per heavy atom. The average molecular weight is 392 g/mol. The number of rotatable bonds is 4. The summed E-state index contributed by atoms with van der Waals surface area (Å²) >= 11 is 0. The highest BCUT2D eigenvalue weighted by Gasteiger charge is 2.46. The van der Waals surface area contributed by atoms with Crippen molar-refractivity contribution in [2.24, 2.45) is 0 Å². The van der Waals surface area contributed by atoms with E-state index in [9.17, 15) is 14.8 Å². The van der Waals surface area contributed by atoms with E-state index in [1.807, 2.05) is 18.7 Å². The molecule has 0 bridgehead atoms. The van der Waals surface area contributed by atoms with Crippen LogP contribution in [0.1, 0.15) is 36.8 Å². The number of halogens is 1. The third-order valence-electron chi connectivity index (χ3n) is 5.21. The van der Waals surface area contributed by atoms with E-state index in [0.29, 0.717) is 29.2 Å². The summed E-state index contributed by atoms with van der Waals surface area (Å²) in [6, 6.07) is 12.9. The number of aliphatic hydroxyl groups excluding tert-OH is 1. The molecule has 1 aliphatic rings. The van der Waals surface area contributed by atoms with E-state index in [0.717, 1.165) is 5.69 Å². The van der Waals surface area contributed by atoms with Crippen molar-refractivity contribution in [2.45, 2.75) is 38.1 Å². The number of nitriles is 1. The molecule has 0 unspecified atom stereocenters. The molecular weight excluding hydrogens is 371 g/mol. The Bertz CT molecular complexity index is 1040. The Labute approximate surface area is 168 Å². The van der Waals surface area contributed by atoms with Gasteiger partial charge in [-0.25, -0.2) is 9.37 Å². The maximum atomic E-state index is 13.6. The second-order valence-electron chi connectivity index (χ2n) is 7.60. The van der Waals surface area contributed by atoms with Crippen molar-refractivity contribution in [3.8, 4) is 11.8 Å². The molecular formula is C22H21FN4O2. The third kappa shape index (κ3) is 3.55. The number of aromatic nitrogens is 2. The largest absolute Gasteiger partial charge is 0.485 e. The zero-order chi connectivity index (χ0) is 20.6. The van der Waals surface area contributed by atoms with Crippen LogP contribution in [0.4, 0.5) is 10.1 Å². The Balaban J connectivity index is 1.88. The highest BCUT2D eigenvalue weighted by Crippen LogP contribution is 2.45. The number of hydrogen-bond acceptors (Lipinski definition) is 5. The van der Waals surface area contributed by atoms with E-state index >= 15 is 0 Å². The SMILES string of the molecule is CC1(C)Oc2ccc(C#N)cc2[C@H](N(Cc2ncc[nH]2)c2ccc(F)cc2)[C@H]1O. The molecule has 0 aliphatic carbocycles. The summed E-state index contributed by atoms with van der Waals surface area (Å²) in [6.07, 6.45) is 2.47. The lowest BCUT2D eigenvalue weighted by molar-refractivity contribution is -0.0590. The van der Waals surface area contributed by atoms with Crippen molar-refractivity contribution in [3.63, 3.8) is 0 Å². The molecule has 148 valence electrons. The first-order chi connectivity index (χ1) is 13.9. The second-order valence-corrected chi connectivity index (χ2v) is 7.60. The van der Waals surface area contributed by atoms with Gasteiger partial charge in [0.25, 0.3) is 0 Å². The minimum absolute atomic E-state index is 0.341. The van der Waals surface area contributed by atoms with Crippen molar-refractivity contribution in [2.75, 3.05) is 4.90 Å². The van der Waals surface area contributed by atoms with Crippen LogP contribution in [0.25, 0.3) is 0 Å². The lowest BCUT2D eigenvalue weighted by Crippen LogP contribution is -2.53. The summed E-state index contributed by atoms with van der Waals surface area (Å²) in [4.78, 5) is 9.34. The molecule has 0 fully saturated rings. The van der Waals surface area contributed by atoms with Gasteiger partial charge in [-0.1, -0.05) is 0 Å². The molecule has 2 heterocycles. The van der Waals surface area contributed by atoms with Crippen LogP contribution in [0.15, 0.2) is 54.9 Å². The summed E-state index contributed by atoms with van der Waals surface area (Å²) in [5, 5.41) is 20.6. The second kappa shape index (κ2) is 7.22. The van der Waals surface area contributed by atoms with Gasteiger partial charge in [0, 0.05) is 23.6 Å². The van der Waals surface area contributed by atoms with Gasteiger partial charge in [0.2, 0.25) is 0 Å². The van der Waals surface area contributed by atoms with Crippen molar-refractivity contribution in [1.29, 1.82) is 5.26 Å². The van der Waals surface area contributed by atoms with Gasteiger partial charge in [0.1, 0.15) is 29.1 Å². The fourth-order valence-electron chi connectivity index (χ4n) is 3.70. The van der Waals surface area contributed by atoms with Crippen LogP contribution in [0.5, 0.6) is 5.75 Å². The summed E-state index contributed by atoms with van der Waals surface area (Å²) in [6.45, 7) is 4.00. The average Bonchev–Trinajstić information content (AvgIpc) is 3.21. The first-order valence-electron chi connectivity index (χ1n) is 9.30. The van der Waals surface area contributed by atoms with Gasteiger partial charge in [-0.3, -0.25) is 0 Å². The van der Waals surface area contributed by atoms with Crippen LogP contribution in [0.3, 0.4) is 0 Å². The minimum atomic E-state index is -0.913. The van der Waals surface area contributed by atoms with Crippen LogP contribution < -0.4 is 9.64 Å². The molecule has 4 rings (SSSR count). The number of anilines is 1. The predicted octanol–water partition coefficient (Wildman–Crippen LogP) is 3.70. The summed E-state index contributed by atoms with van der Waals surface area (Å²) in [5.41, 5.74) is 1.03. The number of benzene rings is 2. The quantitative estimate of drug-likeness (QED) is 0.707. The molecule has 0 saturated heterocycles. The molecule has 7 heteroatoms. The molecule has 6 nitrogen and oxygen atoms in total.